The lowest BCUT2D eigenvalue weighted by Gasteiger charge is -2.19. The number of hydrazone groups is 1. The van der Waals surface area contributed by atoms with Gasteiger partial charge in [-0.05, 0) is 24.6 Å². The lowest BCUT2D eigenvalue weighted by atomic mass is 10.0. The molecule has 0 N–H and O–H groups in total. The molecule has 0 saturated heterocycles. The summed E-state index contributed by atoms with van der Waals surface area (Å²) in [6.07, 6.45) is 2.50. The molecular weight excluding hydrogens is 364 g/mol. The van der Waals surface area contributed by atoms with Gasteiger partial charge in [0, 0.05) is 12.2 Å². The number of aryl methyl sites for hydroxylation is 1. The lowest BCUT2D eigenvalue weighted by molar-refractivity contribution is -0.140. The maximum Gasteiger partial charge on any atom is 0.306 e. The zero-order valence-corrected chi connectivity index (χ0v) is 16.2. The Morgan fingerprint density at radius 2 is 2.07 bits per heavy atom. The summed E-state index contributed by atoms with van der Waals surface area (Å²) in [5, 5.41) is 6.10. The van der Waals surface area contributed by atoms with Crippen LogP contribution in [-0.4, -0.2) is 41.2 Å². The number of thioether (sulfide) groups is 1. The molecule has 0 radical (unpaired) electrons. The maximum absolute atomic E-state index is 12.7. The number of methoxy groups -OCH3 is 1. The Labute approximate surface area is 162 Å². The standard InChI is InChI=1S/C20H22N2O4S/c1-14-5-7-15(8-6-14)16-12-17(18-4-3-10-26-18)22(21-16)19(23)13-27-11-9-20(24)25-2/h3-8,10,17H,9,11-13H2,1-2H3/t17-/m0/s1. The van der Waals surface area contributed by atoms with Crippen molar-refractivity contribution in [2.24, 2.45) is 5.10 Å². The Morgan fingerprint density at radius 1 is 1.30 bits per heavy atom. The first-order chi connectivity index (χ1) is 13.1. The van der Waals surface area contributed by atoms with Gasteiger partial charge in [0.25, 0.3) is 5.91 Å². The second kappa shape index (κ2) is 8.90. The summed E-state index contributed by atoms with van der Waals surface area (Å²) in [6, 6.07) is 11.5. The molecule has 1 aromatic heterocycles. The van der Waals surface area contributed by atoms with E-state index in [1.165, 1.54) is 29.4 Å². The predicted octanol–water partition coefficient (Wildman–Crippen LogP) is 3.56. The molecule has 2 heterocycles. The molecule has 0 spiro atoms. The van der Waals surface area contributed by atoms with Crippen LogP contribution in [0.2, 0.25) is 0 Å². The van der Waals surface area contributed by atoms with E-state index in [2.05, 4.69) is 9.84 Å². The Kier molecular flexibility index (Phi) is 6.34. The first kappa shape index (κ1) is 19.2. The van der Waals surface area contributed by atoms with Gasteiger partial charge in [0.05, 0.1) is 31.3 Å². The molecule has 1 atom stereocenters. The summed E-state index contributed by atoms with van der Waals surface area (Å²) in [7, 11) is 1.36. The number of rotatable bonds is 7. The largest absolute Gasteiger partial charge is 0.469 e. The van der Waals surface area contributed by atoms with E-state index in [9.17, 15) is 9.59 Å². The van der Waals surface area contributed by atoms with Gasteiger partial charge in [0.2, 0.25) is 0 Å². The number of carbonyl (C=O) groups excluding carboxylic acids is 2. The van der Waals surface area contributed by atoms with Gasteiger partial charge in [0.1, 0.15) is 11.8 Å². The third kappa shape index (κ3) is 4.80. The van der Waals surface area contributed by atoms with Crippen molar-refractivity contribution in [1.82, 2.24) is 5.01 Å². The summed E-state index contributed by atoms with van der Waals surface area (Å²) in [6.45, 7) is 2.03. The van der Waals surface area contributed by atoms with Crippen LogP contribution >= 0.6 is 11.8 Å². The van der Waals surface area contributed by atoms with Gasteiger partial charge in [-0.2, -0.15) is 16.9 Å². The summed E-state index contributed by atoms with van der Waals surface area (Å²) < 4.78 is 10.2. The fourth-order valence-corrected chi connectivity index (χ4v) is 3.61. The molecule has 1 aliphatic heterocycles. The van der Waals surface area contributed by atoms with Gasteiger partial charge in [-0.15, -0.1) is 0 Å². The van der Waals surface area contributed by atoms with Crippen molar-refractivity contribution in [2.75, 3.05) is 18.6 Å². The molecule has 142 valence electrons. The zero-order valence-electron chi connectivity index (χ0n) is 15.4. The highest BCUT2D eigenvalue weighted by Gasteiger charge is 2.34. The van der Waals surface area contributed by atoms with Crippen LogP contribution in [0.4, 0.5) is 0 Å². The number of furan rings is 1. The summed E-state index contributed by atoms with van der Waals surface area (Å²) in [5.41, 5.74) is 3.05. The van der Waals surface area contributed by atoms with Crippen LogP contribution in [0.15, 0.2) is 52.2 Å². The van der Waals surface area contributed by atoms with Crippen LogP contribution in [0.5, 0.6) is 0 Å². The molecule has 1 amide bonds. The van der Waals surface area contributed by atoms with Crippen molar-refractivity contribution in [1.29, 1.82) is 0 Å². The minimum absolute atomic E-state index is 0.103. The maximum atomic E-state index is 12.7. The Bertz CT molecular complexity index is 815. The topological polar surface area (TPSA) is 72.1 Å². The average molecular weight is 386 g/mol. The molecule has 3 rings (SSSR count). The van der Waals surface area contributed by atoms with Gasteiger partial charge in [-0.25, -0.2) is 5.01 Å². The molecule has 27 heavy (non-hydrogen) atoms. The highest BCUT2D eigenvalue weighted by molar-refractivity contribution is 7.99. The van der Waals surface area contributed by atoms with Crippen molar-refractivity contribution in [3.05, 3.63) is 59.5 Å². The van der Waals surface area contributed by atoms with Crippen molar-refractivity contribution in [3.8, 4) is 0 Å². The number of nitrogens with zero attached hydrogens (tertiary/aromatic N) is 2. The molecule has 0 saturated carbocycles. The highest BCUT2D eigenvalue weighted by Crippen LogP contribution is 2.33. The summed E-state index contributed by atoms with van der Waals surface area (Å²) >= 11 is 1.40. The fraction of sp³-hybridized carbons (Fsp3) is 0.350. The summed E-state index contributed by atoms with van der Waals surface area (Å²) in [4.78, 5) is 23.9. The Balaban J connectivity index is 1.71. The van der Waals surface area contributed by atoms with Crippen LogP contribution < -0.4 is 0 Å². The van der Waals surface area contributed by atoms with E-state index in [1.807, 2.05) is 43.3 Å². The molecule has 1 aromatic carbocycles. The lowest BCUT2D eigenvalue weighted by Crippen LogP contribution is -2.28. The molecule has 1 aliphatic rings. The van der Waals surface area contributed by atoms with E-state index >= 15 is 0 Å². The highest BCUT2D eigenvalue weighted by atomic mass is 32.2. The van der Waals surface area contributed by atoms with Crippen molar-refractivity contribution in [2.45, 2.75) is 25.8 Å². The number of carbonyl (C=O) groups is 2. The monoisotopic (exact) mass is 386 g/mol. The fourth-order valence-electron chi connectivity index (χ4n) is 2.85. The van der Waals surface area contributed by atoms with E-state index in [4.69, 9.17) is 4.42 Å². The quantitative estimate of drug-likeness (QED) is 0.537. The van der Waals surface area contributed by atoms with Crippen LogP contribution in [0, 0.1) is 6.92 Å². The van der Waals surface area contributed by atoms with Gasteiger partial charge in [-0.1, -0.05) is 29.8 Å². The van der Waals surface area contributed by atoms with Crippen molar-refractivity contribution in [3.63, 3.8) is 0 Å². The van der Waals surface area contributed by atoms with Gasteiger partial charge >= 0.3 is 5.97 Å². The van der Waals surface area contributed by atoms with E-state index < -0.39 is 0 Å². The molecule has 6 nitrogen and oxygen atoms in total. The molecular formula is C20H22N2O4S. The number of amides is 1. The zero-order chi connectivity index (χ0) is 19.2. The van der Waals surface area contributed by atoms with E-state index in [-0.39, 0.29) is 30.1 Å². The molecule has 0 aliphatic carbocycles. The normalized spacial score (nSPS) is 16.3. The first-order valence-electron chi connectivity index (χ1n) is 8.73. The molecule has 0 unspecified atom stereocenters. The van der Waals surface area contributed by atoms with E-state index in [0.717, 1.165) is 11.3 Å². The number of esters is 1. The molecule has 2 aromatic rings. The van der Waals surface area contributed by atoms with Crippen molar-refractivity contribution < 1.29 is 18.7 Å². The SMILES string of the molecule is COC(=O)CCSCC(=O)N1N=C(c2ccc(C)cc2)C[C@H]1c1ccco1. The second-order valence-corrected chi connectivity index (χ2v) is 7.37. The average Bonchev–Trinajstić information content (AvgIpc) is 3.34. The number of benzene rings is 1. The van der Waals surface area contributed by atoms with Crippen LogP contribution in [0.3, 0.4) is 0 Å². The molecule has 7 heteroatoms. The van der Waals surface area contributed by atoms with Crippen molar-refractivity contribution >= 4 is 29.4 Å². The minimum Gasteiger partial charge on any atom is -0.469 e. The molecule has 0 fully saturated rings. The van der Waals surface area contributed by atoms with Gasteiger partial charge < -0.3 is 9.15 Å². The molecule has 0 bridgehead atoms. The Hall–Kier alpha value is -2.54. The first-order valence-corrected chi connectivity index (χ1v) is 9.88. The van der Waals surface area contributed by atoms with Crippen LogP contribution in [0.25, 0.3) is 0 Å². The number of hydrogen-bond donors (Lipinski definition) is 0. The third-order valence-corrected chi connectivity index (χ3v) is 5.27. The van der Waals surface area contributed by atoms with E-state index in [1.54, 1.807) is 6.26 Å². The summed E-state index contributed by atoms with van der Waals surface area (Å²) in [5.74, 6) is 1.12. The third-order valence-electron chi connectivity index (χ3n) is 4.33. The minimum atomic E-state index is -0.274. The Morgan fingerprint density at radius 3 is 2.74 bits per heavy atom. The van der Waals surface area contributed by atoms with Gasteiger partial charge in [-0.3, -0.25) is 9.59 Å². The van der Waals surface area contributed by atoms with E-state index in [0.29, 0.717) is 17.9 Å². The predicted molar refractivity (Wildman–Crippen MR) is 105 cm³/mol. The number of hydrogen-bond acceptors (Lipinski definition) is 6. The smallest absolute Gasteiger partial charge is 0.306 e. The second-order valence-electron chi connectivity index (χ2n) is 6.27. The van der Waals surface area contributed by atoms with Crippen LogP contribution in [0.1, 0.15) is 35.8 Å². The van der Waals surface area contributed by atoms with Gasteiger partial charge in [0.15, 0.2) is 0 Å². The number of ether oxygens (including phenoxy) is 1. The van der Waals surface area contributed by atoms with Crippen LogP contribution in [-0.2, 0) is 14.3 Å².